The van der Waals surface area contributed by atoms with Gasteiger partial charge in [0.2, 0.25) is 5.91 Å². The van der Waals surface area contributed by atoms with E-state index in [1.54, 1.807) is 11.0 Å². The van der Waals surface area contributed by atoms with Crippen molar-refractivity contribution in [3.63, 3.8) is 0 Å². The number of nitrogens with zero attached hydrogens (tertiary/aromatic N) is 4. The van der Waals surface area contributed by atoms with Crippen molar-refractivity contribution < 1.29 is 22.4 Å². The molecule has 2 aromatic carbocycles. The maximum absolute atomic E-state index is 14.9. The van der Waals surface area contributed by atoms with Crippen LogP contribution in [0.5, 0.6) is 0 Å². The quantitative estimate of drug-likeness (QED) is 0.437. The van der Waals surface area contributed by atoms with E-state index in [9.17, 15) is 18.0 Å². The van der Waals surface area contributed by atoms with Crippen molar-refractivity contribution in [2.24, 2.45) is 5.92 Å². The predicted octanol–water partition coefficient (Wildman–Crippen LogP) is 5.54. The second kappa shape index (κ2) is 11.0. The van der Waals surface area contributed by atoms with Crippen LogP contribution in [0.4, 0.5) is 30.6 Å². The molecule has 1 aliphatic heterocycles. The first-order valence-electron chi connectivity index (χ1n) is 12.3. The lowest BCUT2D eigenvalue weighted by Gasteiger charge is -2.33. The summed E-state index contributed by atoms with van der Waals surface area (Å²) in [7, 11) is 0. The molecule has 7 nitrogen and oxygen atoms in total. The molecule has 0 aliphatic carbocycles. The number of hydrogen-bond acceptors (Lipinski definition) is 6. The summed E-state index contributed by atoms with van der Waals surface area (Å²) in [6, 6.07) is 6.98. The number of rotatable bonds is 8. The van der Waals surface area contributed by atoms with E-state index in [0.29, 0.717) is 32.6 Å². The number of hydrogen-bond donors (Lipinski definition) is 1. The summed E-state index contributed by atoms with van der Waals surface area (Å²) in [6.45, 7) is 8.13. The van der Waals surface area contributed by atoms with Crippen LogP contribution >= 0.6 is 0 Å². The van der Waals surface area contributed by atoms with Crippen LogP contribution < -0.4 is 10.2 Å². The van der Waals surface area contributed by atoms with Gasteiger partial charge in [-0.15, -0.1) is 5.10 Å². The van der Waals surface area contributed by atoms with E-state index in [1.165, 1.54) is 18.2 Å². The maximum Gasteiger partial charge on any atom is 0.318 e. The van der Waals surface area contributed by atoms with Crippen LogP contribution in [-0.2, 0) is 11.2 Å². The summed E-state index contributed by atoms with van der Waals surface area (Å²) in [5, 5.41) is 10.8. The minimum atomic E-state index is -1.19. The van der Waals surface area contributed by atoms with E-state index in [-0.39, 0.29) is 40.7 Å². The smallest absolute Gasteiger partial charge is 0.318 e. The standard InChI is InChI=1S/C26H30F3N5O2/c1-4-16-9-12-21(20(28)14-16)30-23-18(10-11-19(27)22(23)29)24-31-32-26(36-24)34-13-7-8-17(15-34)25(35)33(5-2)6-3/h9-12,14,17,30H,4-8,13,15H2,1-3H3. The van der Waals surface area contributed by atoms with E-state index in [0.717, 1.165) is 24.5 Å². The summed E-state index contributed by atoms with van der Waals surface area (Å²) in [6.07, 6.45) is 2.19. The molecule has 192 valence electrons. The van der Waals surface area contributed by atoms with Crippen molar-refractivity contribution in [2.45, 2.75) is 40.0 Å². The second-order valence-corrected chi connectivity index (χ2v) is 8.76. The fraction of sp³-hybridized carbons (Fsp3) is 0.423. The van der Waals surface area contributed by atoms with Gasteiger partial charge in [-0.2, -0.15) is 0 Å². The number of nitrogens with one attached hydrogen (secondary N) is 1. The number of halogens is 3. The van der Waals surface area contributed by atoms with E-state index in [1.807, 2.05) is 25.7 Å². The Kier molecular flexibility index (Phi) is 7.81. The number of carbonyl (C=O) groups is 1. The van der Waals surface area contributed by atoms with Gasteiger partial charge in [-0.1, -0.05) is 18.1 Å². The zero-order valence-electron chi connectivity index (χ0n) is 20.7. The molecule has 36 heavy (non-hydrogen) atoms. The Morgan fingerprint density at radius 3 is 2.58 bits per heavy atom. The number of piperidine rings is 1. The van der Waals surface area contributed by atoms with Gasteiger partial charge in [0.15, 0.2) is 11.6 Å². The van der Waals surface area contributed by atoms with Gasteiger partial charge in [-0.25, -0.2) is 13.2 Å². The molecule has 1 N–H and O–H groups in total. The Labute approximate surface area is 208 Å². The molecule has 1 amide bonds. The van der Waals surface area contributed by atoms with Gasteiger partial charge in [0.25, 0.3) is 5.89 Å². The molecular weight excluding hydrogens is 471 g/mol. The first-order chi connectivity index (χ1) is 17.4. The van der Waals surface area contributed by atoms with E-state index in [2.05, 4.69) is 15.5 Å². The number of amides is 1. The van der Waals surface area contributed by atoms with E-state index >= 15 is 0 Å². The molecule has 1 atom stereocenters. The minimum Gasteiger partial charge on any atom is -0.403 e. The SMILES string of the molecule is CCc1ccc(Nc2c(-c3nnc(N4CCCC(C(=O)N(CC)CC)C4)o3)ccc(F)c2F)c(F)c1. The summed E-state index contributed by atoms with van der Waals surface area (Å²) in [4.78, 5) is 16.5. The van der Waals surface area contributed by atoms with Crippen molar-refractivity contribution in [2.75, 3.05) is 36.4 Å². The highest BCUT2D eigenvalue weighted by Gasteiger charge is 2.31. The van der Waals surface area contributed by atoms with E-state index < -0.39 is 17.5 Å². The third-order valence-corrected chi connectivity index (χ3v) is 6.56. The van der Waals surface area contributed by atoms with Gasteiger partial charge in [-0.3, -0.25) is 4.79 Å². The molecule has 10 heteroatoms. The van der Waals surface area contributed by atoms with Gasteiger partial charge < -0.3 is 19.5 Å². The molecule has 3 aromatic rings. The number of aryl methyl sites for hydroxylation is 1. The van der Waals surface area contributed by atoms with Crippen LogP contribution in [-0.4, -0.2) is 47.2 Å². The zero-order chi connectivity index (χ0) is 25.8. The van der Waals surface area contributed by atoms with Gasteiger partial charge in [-0.05, 0) is 62.9 Å². The number of carbonyl (C=O) groups excluding carboxylic acids is 1. The highest BCUT2D eigenvalue weighted by molar-refractivity contribution is 5.80. The van der Waals surface area contributed by atoms with Crippen molar-refractivity contribution in [3.05, 3.63) is 53.3 Å². The fourth-order valence-corrected chi connectivity index (χ4v) is 4.46. The van der Waals surface area contributed by atoms with Crippen LogP contribution in [0, 0.1) is 23.4 Å². The van der Waals surface area contributed by atoms with Crippen molar-refractivity contribution >= 4 is 23.3 Å². The van der Waals surface area contributed by atoms with Crippen molar-refractivity contribution in [1.29, 1.82) is 0 Å². The number of aromatic nitrogens is 2. The van der Waals surface area contributed by atoms with Gasteiger partial charge in [0.05, 0.1) is 22.9 Å². The largest absolute Gasteiger partial charge is 0.403 e. The molecule has 4 rings (SSSR count). The first kappa shape index (κ1) is 25.5. The third-order valence-electron chi connectivity index (χ3n) is 6.56. The number of anilines is 3. The lowest BCUT2D eigenvalue weighted by atomic mass is 9.97. The molecule has 0 spiro atoms. The van der Waals surface area contributed by atoms with Crippen molar-refractivity contribution in [1.82, 2.24) is 15.1 Å². The maximum atomic E-state index is 14.9. The fourth-order valence-electron chi connectivity index (χ4n) is 4.46. The molecule has 2 heterocycles. The van der Waals surface area contributed by atoms with E-state index in [4.69, 9.17) is 4.42 Å². The highest BCUT2D eigenvalue weighted by atomic mass is 19.2. The molecule has 1 unspecified atom stereocenters. The second-order valence-electron chi connectivity index (χ2n) is 8.76. The summed E-state index contributed by atoms with van der Waals surface area (Å²) < 4.78 is 49.4. The topological polar surface area (TPSA) is 74.5 Å². The summed E-state index contributed by atoms with van der Waals surface area (Å²) in [5.74, 6) is -3.02. The van der Waals surface area contributed by atoms with Crippen LogP contribution in [0.25, 0.3) is 11.5 Å². The van der Waals surface area contributed by atoms with Crippen molar-refractivity contribution in [3.8, 4) is 11.5 Å². The highest BCUT2D eigenvalue weighted by Crippen LogP contribution is 2.35. The first-order valence-corrected chi connectivity index (χ1v) is 12.3. The normalized spacial score (nSPS) is 15.7. The molecule has 0 saturated carbocycles. The lowest BCUT2D eigenvalue weighted by Crippen LogP contribution is -2.45. The number of benzene rings is 2. The average molecular weight is 502 g/mol. The Balaban J connectivity index is 1.60. The average Bonchev–Trinajstić information content (AvgIpc) is 3.38. The Bertz CT molecular complexity index is 1230. The molecule has 1 saturated heterocycles. The van der Waals surface area contributed by atoms with Gasteiger partial charge >= 0.3 is 6.01 Å². The Morgan fingerprint density at radius 2 is 1.89 bits per heavy atom. The summed E-state index contributed by atoms with van der Waals surface area (Å²) >= 11 is 0. The molecule has 0 radical (unpaired) electrons. The van der Waals surface area contributed by atoms with Crippen LogP contribution in [0.15, 0.2) is 34.7 Å². The Hall–Kier alpha value is -3.56. The third kappa shape index (κ3) is 5.17. The monoisotopic (exact) mass is 501 g/mol. The lowest BCUT2D eigenvalue weighted by molar-refractivity contribution is -0.135. The molecule has 0 bridgehead atoms. The molecular formula is C26H30F3N5O2. The summed E-state index contributed by atoms with van der Waals surface area (Å²) in [5.41, 5.74) is 0.561. The van der Waals surface area contributed by atoms with Gasteiger partial charge in [0.1, 0.15) is 5.82 Å². The van der Waals surface area contributed by atoms with Crippen LogP contribution in [0.1, 0.15) is 39.2 Å². The van der Waals surface area contributed by atoms with Crippen LogP contribution in [0.3, 0.4) is 0 Å². The van der Waals surface area contributed by atoms with Gasteiger partial charge in [0, 0.05) is 26.2 Å². The zero-order valence-corrected chi connectivity index (χ0v) is 20.7. The molecule has 1 aliphatic rings. The molecule has 1 aromatic heterocycles. The molecule has 1 fully saturated rings. The minimum absolute atomic E-state index is 0.00789. The predicted molar refractivity (Wildman–Crippen MR) is 132 cm³/mol. The Morgan fingerprint density at radius 1 is 1.11 bits per heavy atom. The van der Waals surface area contributed by atoms with Crippen LogP contribution in [0.2, 0.25) is 0 Å².